The van der Waals surface area contributed by atoms with Crippen LogP contribution in [-0.4, -0.2) is 45.1 Å². The van der Waals surface area contributed by atoms with E-state index in [9.17, 15) is 24.9 Å². The number of hydrogen-bond donors (Lipinski definition) is 3. The summed E-state index contributed by atoms with van der Waals surface area (Å²) in [6.07, 6.45) is 4.19. The van der Waals surface area contributed by atoms with E-state index in [2.05, 4.69) is 13.5 Å². The first-order valence-corrected chi connectivity index (χ1v) is 11.9. The van der Waals surface area contributed by atoms with E-state index in [1.165, 1.54) is 0 Å². The summed E-state index contributed by atoms with van der Waals surface area (Å²) in [5, 5.41) is 32.5. The Morgan fingerprint density at radius 2 is 1.81 bits per heavy atom. The summed E-state index contributed by atoms with van der Waals surface area (Å²) in [6.45, 7) is 11.4. The zero-order chi connectivity index (χ0) is 23.0. The molecule has 0 unspecified atom stereocenters. The number of esters is 1. The molecule has 3 N–H and O–H groups in total. The lowest BCUT2D eigenvalue weighted by Gasteiger charge is -2.68. The number of ether oxygens (including phenoxy) is 1. The summed E-state index contributed by atoms with van der Waals surface area (Å²) in [7, 11) is 0. The normalized spacial score (nSPS) is 48.3. The highest BCUT2D eigenvalue weighted by atomic mass is 16.5. The van der Waals surface area contributed by atoms with E-state index >= 15 is 0 Å². The zero-order valence-corrected chi connectivity index (χ0v) is 19.3. The fourth-order valence-electron chi connectivity index (χ4n) is 8.12. The predicted octanol–water partition coefficient (Wildman–Crippen LogP) is 3.69. The van der Waals surface area contributed by atoms with E-state index in [0.717, 1.165) is 31.3 Å². The number of aliphatic hydroxyl groups excluding tert-OH is 1. The second-order valence-electron chi connectivity index (χ2n) is 11.5. The number of carboxylic acids is 1. The Morgan fingerprint density at radius 1 is 1.13 bits per heavy atom. The minimum atomic E-state index is -1.12. The molecule has 0 amide bonds. The number of aliphatic carboxylic acids is 1. The van der Waals surface area contributed by atoms with Crippen LogP contribution in [-0.2, 0) is 14.3 Å². The first-order valence-electron chi connectivity index (χ1n) is 11.9. The molecule has 4 rings (SSSR count). The third-order valence-corrected chi connectivity index (χ3v) is 10.2. The first-order chi connectivity index (χ1) is 14.3. The highest BCUT2D eigenvalue weighted by molar-refractivity contribution is 5.75. The molecule has 0 aliphatic heterocycles. The van der Waals surface area contributed by atoms with Gasteiger partial charge in [-0.05, 0) is 83.1 Å². The molecule has 4 fully saturated rings. The van der Waals surface area contributed by atoms with Crippen LogP contribution in [0, 0.1) is 34.0 Å². The lowest BCUT2D eigenvalue weighted by molar-refractivity contribution is -0.279. The Bertz CT molecular complexity index is 806. The Balaban J connectivity index is 1.76. The predicted molar refractivity (Wildman–Crippen MR) is 115 cm³/mol. The second kappa shape index (κ2) is 7.05. The molecule has 0 radical (unpaired) electrons. The topological polar surface area (TPSA) is 104 Å². The van der Waals surface area contributed by atoms with Gasteiger partial charge in [-0.1, -0.05) is 19.9 Å². The Morgan fingerprint density at radius 3 is 2.42 bits per heavy atom. The van der Waals surface area contributed by atoms with Crippen molar-refractivity contribution in [2.45, 2.75) is 96.9 Å². The number of aliphatic hydroxyl groups is 2. The lowest BCUT2D eigenvalue weighted by Crippen LogP contribution is -2.71. The molecule has 0 aromatic rings. The maximum Gasteiger partial charge on any atom is 0.311 e. The second-order valence-corrected chi connectivity index (χ2v) is 11.5. The number of carboxylic acid groups (broad SMARTS) is 1. The number of fused-ring (bicyclic) bond motifs is 3. The van der Waals surface area contributed by atoms with E-state index in [0.29, 0.717) is 25.7 Å². The number of rotatable bonds is 4. The SMILES string of the molecule is C=C1[C@@H]2CC[C@]3(O)[C@@](CC[C@@H]4[C@](C)(C(=O)O)CCC[C@]43C)(C2)[C@H]1OC(=O)[C@H](C)[C@H](C)O. The molecule has 174 valence electrons. The van der Waals surface area contributed by atoms with Crippen molar-refractivity contribution in [2.75, 3.05) is 0 Å². The van der Waals surface area contributed by atoms with Gasteiger partial charge in [-0.3, -0.25) is 9.59 Å². The summed E-state index contributed by atoms with van der Waals surface area (Å²) >= 11 is 0. The van der Waals surface area contributed by atoms with Crippen LogP contribution in [0.4, 0.5) is 0 Å². The molecule has 0 heterocycles. The smallest absolute Gasteiger partial charge is 0.311 e. The van der Waals surface area contributed by atoms with Crippen molar-refractivity contribution in [1.82, 2.24) is 0 Å². The summed E-state index contributed by atoms with van der Waals surface area (Å²) in [5.41, 5.74) is -2.30. The largest absolute Gasteiger partial charge is 0.481 e. The van der Waals surface area contributed by atoms with Gasteiger partial charge >= 0.3 is 11.9 Å². The van der Waals surface area contributed by atoms with Crippen molar-refractivity contribution in [2.24, 2.45) is 34.0 Å². The monoisotopic (exact) mass is 434 g/mol. The van der Waals surface area contributed by atoms with Gasteiger partial charge in [0.1, 0.15) is 6.10 Å². The third-order valence-electron chi connectivity index (χ3n) is 10.2. The molecule has 1 spiro atoms. The van der Waals surface area contributed by atoms with Crippen molar-refractivity contribution in [3.05, 3.63) is 12.2 Å². The summed E-state index contributed by atoms with van der Waals surface area (Å²) < 4.78 is 6.04. The molecule has 9 atom stereocenters. The van der Waals surface area contributed by atoms with Gasteiger partial charge in [-0.15, -0.1) is 0 Å². The molecule has 6 heteroatoms. The van der Waals surface area contributed by atoms with Crippen LogP contribution in [0.5, 0.6) is 0 Å². The van der Waals surface area contributed by atoms with Crippen molar-refractivity contribution >= 4 is 11.9 Å². The minimum Gasteiger partial charge on any atom is -0.481 e. The maximum atomic E-state index is 12.8. The highest BCUT2D eigenvalue weighted by Gasteiger charge is 2.75. The third kappa shape index (κ3) is 2.76. The Hall–Kier alpha value is -1.40. The maximum absolute atomic E-state index is 12.8. The minimum absolute atomic E-state index is 0.125. The van der Waals surface area contributed by atoms with Crippen LogP contribution in [0.15, 0.2) is 12.2 Å². The number of carbonyl (C=O) groups is 2. The molecule has 31 heavy (non-hydrogen) atoms. The molecule has 0 aromatic heterocycles. The first kappa shape index (κ1) is 22.8. The van der Waals surface area contributed by atoms with Crippen molar-refractivity contribution in [3.63, 3.8) is 0 Å². The zero-order valence-electron chi connectivity index (χ0n) is 19.3. The fraction of sp³-hybridized carbons (Fsp3) is 0.840. The summed E-state index contributed by atoms with van der Waals surface area (Å²) in [6, 6.07) is 0. The number of carbonyl (C=O) groups excluding carboxylic acids is 1. The van der Waals surface area contributed by atoms with E-state index in [-0.39, 0.29) is 11.8 Å². The van der Waals surface area contributed by atoms with Crippen LogP contribution in [0.1, 0.15) is 79.1 Å². The van der Waals surface area contributed by atoms with E-state index in [1.54, 1.807) is 13.8 Å². The molecule has 2 bridgehead atoms. The molecule has 4 aliphatic rings. The van der Waals surface area contributed by atoms with Gasteiger partial charge in [0.25, 0.3) is 0 Å². The molecule has 0 saturated heterocycles. The van der Waals surface area contributed by atoms with Gasteiger partial charge in [-0.25, -0.2) is 0 Å². The van der Waals surface area contributed by atoms with Crippen LogP contribution in [0.2, 0.25) is 0 Å². The van der Waals surface area contributed by atoms with Crippen molar-refractivity contribution in [3.8, 4) is 0 Å². The van der Waals surface area contributed by atoms with Gasteiger partial charge in [-0.2, -0.15) is 0 Å². The fourth-order valence-corrected chi connectivity index (χ4v) is 8.12. The van der Waals surface area contributed by atoms with E-state index in [1.807, 2.05) is 6.92 Å². The summed E-state index contributed by atoms with van der Waals surface area (Å²) in [4.78, 5) is 25.1. The summed E-state index contributed by atoms with van der Waals surface area (Å²) in [5.74, 6) is -1.82. The Kier molecular flexibility index (Phi) is 5.18. The average molecular weight is 435 g/mol. The Labute approximate surface area is 185 Å². The van der Waals surface area contributed by atoms with Gasteiger partial charge in [0, 0.05) is 10.8 Å². The number of hydrogen-bond acceptors (Lipinski definition) is 5. The highest BCUT2D eigenvalue weighted by Crippen LogP contribution is 2.74. The molecule has 4 saturated carbocycles. The standard InChI is InChI=1S/C25H38O6/c1-14(16(3)26)20(27)31-19-15(2)17-7-12-25(30)23(5)10-6-9-22(4,21(28)29)18(23)8-11-24(19,25)13-17/h14,16-19,26,30H,2,6-13H2,1,3-5H3,(H,28,29)/t14-,16+,17-,18-,19+,22-,23-,24+,25-/m1/s1. The average Bonchev–Trinajstić information content (AvgIpc) is 2.92. The van der Waals surface area contributed by atoms with Crippen molar-refractivity contribution < 1.29 is 29.6 Å². The van der Waals surface area contributed by atoms with Gasteiger partial charge in [0.15, 0.2) is 0 Å². The van der Waals surface area contributed by atoms with Crippen LogP contribution in [0.25, 0.3) is 0 Å². The van der Waals surface area contributed by atoms with Crippen molar-refractivity contribution in [1.29, 1.82) is 0 Å². The van der Waals surface area contributed by atoms with Crippen LogP contribution in [0.3, 0.4) is 0 Å². The van der Waals surface area contributed by atoms with Gasteiger partial charge in [0.2, 0.25) is 0 Å². The van der Waals surface area contributed by atoms with E-state index < -0.39 is 51.9 Å². The van der Waals surface area contributed by atoms with Gasteiger partial charge in [0.05, 0.1) is 23.0 Å². The molecule has 0 aromatic carbocycles. The van der Waals surface area contributed by atoms with Crippen LogP contribution < -0.4 is 0 Å². The molecule has 6 nitrogen and oxygen atoms in total. The van der Waals surface area contributed by atoms with E-state index in [4.69, 9.17) is 4.74 Å². The quantitative estimate of drug-likeness (QED) is 0.460. The molecular formula is C25H38O6. The molecule has 4 aliphatic carbocycles. The van der Waals surface area contributed by atoms with Crippen LogP contribution >= 0.6 is 0 Å². The van der Waals surface area contributed by atoms with Gasteiger partial charge < -0.3 is 20.1 Å². The lowest BCUT2D eigenvalue weighted by atomic mass is 9.38. The molecular weight excluding hydrogens is 396 g/mol.